The second-order valence-electron chi connectivity index (χ2n) is 6.00. The van der Waals surface area contributed by atoms with E-state index in [9.17, 15) is 0 Å². The van der Waals surface area contributed by atoms with Crippen LogP contribution in [0.25, 0.3) is 0 Å². The summed E-state index contributed by atoms with van der Waals surface area (Å²) in [5.74, 6) is 2.60. The Morgan fingerprint density at radius 2 is 1.81 bits per heavy atom. The van der Waals surface area contributed by atoms with Gasteiger partial charge in [0.2, 0.25) is 5.95 Å². The number of aliphatic imine (C=N–C) groups is 1. The molecule has 0 radical (unpaired) electrons. The summed E-state index contributed by atoms with van der Waals surface area (Å²) in [4.78, 5) is 18.0. The molecule has 0 aliphatic carbocycles. The van der Waals surface area contributed by atoms with Gasteiger partial charge in [-0.05, 0) is 19.1 Å². The standard InChI is InChI=1S/C19H26N6O.HI/c1-3-20-18(23-15-16-7-4-5-8-17(16)26-2)24-11-13-25(14-12-24)19-21-9-6-10-22-19;/h4-10H,3,11-15H2,1-2H3,(H,20,23);1H. The average Bonchev–Trinajstić information content (AvgIpc) is 2.72. The van der Waals surface area contributed by atoms with Crippen LogP contribution in [0.3, 0.4) is 0 Å². The molecule has 0 atom stereocenters. The van der Waals surface area contributed by atoms with Crippen LogP contribution in [0, 0.1) is 0 Å². The zero-order chi connectivity index (χ0) is 18.2. The molecule has 0 bridgehead atoms. The number of nitrogens with one attached hydrogen (secondary N) is 1. The molecular weight excluding hydrogens is 455 g/mol. The van der Waals surface area contributed by atoms with Gasteiger partial charge in [0.05, 0.1) is 13.7 Å². The number of ether oxygens (including phenoxy) is 1. The van der Waals surface area contributed by atoms with Crippen LogP contribution in [0.5, 0.6) is 5.75 Å². The Kier molecular flexibility index (Phi) is 8.56. The predicted octanol–water partition coefficient (Wildman–Crippen LogP) is 2.39. The fourth-order valence-electron chi connectivity index (χ4n) is 2.99. The third-order valence-electron chi connectivity index (χ3n) is 4.34. The highest BCUT2D eigenvalue weighted by Crippen LogP contribution is 2.18. The Hall–Kier alpha value is -2.10. The number of benzene rings is 1. The minimum absolute atomic E-state index is 0. The maximum Gasteiger partial charge on any atom is 0.225 e. The number of nitrogens with zero attached hydrogens (tertiary/aromatic N) is 5. The van der Waals surface area contributed by atoms with Gasteiger partial charge in [0.15, 0.2) is 5.96 Å². The summed E-state index contributed by atoms with van der Waals surface area (Å²) >= 11 is 0. The number of rotatable bonds is 5. The van der Waals surface area contributed by atoms with Crippen molar-refractivity contribution in [3.63, 3.8) is 0 Å². The number of piperazine rings is 1. The Balaban J connectivity index is 0.00000261. The lowest BCUT2D eigenvalue weighted by molar-refractivity contribution is 0.369. The highest BCUT2D eigenvalue weighted by atomic mass is 127. The van der Waals surface area contributed by atoms with Crippen LogP contribution in [0.4, 0.5) is 5.95 Å². The third kappa shape index (κ3) is 5.69. The number of hydrogen-bond acceptors (Lipinski definition) is 5. The number of aromatic nitrogens is 2. The van der Waals surface area contributed by atoms with Crippen LogP contribution in [0.15, 0.2) is 47.7 Å². The van der Waals surface area contributed by atoms with Crippen molar-refractivity contribution in [1.82, 2.24) is 20.2 Å². The first-order chi connectivity index (χ1) is 12.8. The SMILES string of the molecule is CCNC(=NCc1ccccc1OC)N1CCN(c2ncccn2)CC1.I. The first kappa shape index (κ1) is 21.2. The summed E-state index contributed by atoms with van der Waals surface area (Å²) in [5.41, 5.74) is 1.08. The van der Waals surface area contributed by atoms with Gasteiger partial charge in [-0.1, -0.05) is 18.2 Å². The molecule has 1 aromatic heterocycles. The summed E-state index contributed by atoms with van der Waals surface area (Å²) in [5, 5.41) is 3.40. The van der Waals surface area contributed by atoms with E-state index in [4.69, 9.17) is 9.73 Å². The molecule has 1 fully saturated rings. The van der Waals surface area contributed by atoms with Gasteiger partial charge in [-0.15, -0.1) is 24.0 Å². The van der Waals surface area contributed by atoms with Crippen molar-refractivity contribution < 1.29 is 4.74 Å². The second-order valence-corrected chi connectivity index (χ2v) is 6.00. The van der Waals surface area contributed by atoms with E-state index >= 15 is 0 Å². The molecule has 1 saturated heterocycles. The molecule has 3 rings (SSSR count). The van der Waals surface area contributed by atoms with E-state index < -0.39 is 0 Å². The van der Waals surface area contributed by atoms with E-state index in [2.05, 4.69) is 38.1 Å². The lowest BCUT2D eigenvalue weighted by Crippen LogP contribution is -2.52. The summed E-state index contributed by atoms with van der Waals surface area (Å²) in [6.07, 6.45) is 3.57. The van der Waals surface area contributed by atoms with Gasteiger partial charge in [0, 0.05) is 50.7 Å². The van der Waals surface area contributed by atoms with Crippen molar-refractivity contribution in [3.05, 3.63) is 48.3 Å². The normalized spacial score (nSPS) is 14.5. The molecule has 146 valence electrons. The van der Waals surface area contributed by atoms with Crippen molar-refractivity contribution in [1.29, 1.82) is 0 Å². The summed E-state index contributed by atoms with van der Waals surface area (Å²) in [6, 6.07) is 9.85. The third-order valence-corrected chi connectivity index (χ3v) is 4.34. The molecule has 0 saturated carbocycles. The Morgan fingerprint density at radius 3 is 2.48 bits per heavy atom. The fraction of sp³-hybridized carbons (Fsp3) is 0.421. The van der Waals surface area contributed by atoms with Crippen molar-refractivity contribution in [2.75, 3.05) is 44.7 Å². The highest BCUT2D eigenvalue weighted by Gasteiger charge is 2.21. The number of anilines is 1. The van der Waals surface area contributed by atoms with E-state index in [0.717, 1.165) is 55.9 Å². The van der Waals surface area contributed by atoms with E-state index in [1.54, 1.807) is 19.5 Å². The van der Waals surface area contributed by atoms with Gasteiger partial charge >= 0.3 is 0 Å². The van der Waals surface area contributed by atoms with E-state index in [1.165, 1.54) is 0 Å². The Labute approximate surface area is 177 Å². The van der Waals surface area contributed by atoms with Crippen molar-refractivity contribution in [3.8, 4) is 5.75 Å². The van der Waals surface area contributed by atoms with Crippen LogP contribution in [-0.2, 0) is 6.54 Å². The number of guanidine groups is 1. The zero-order valence-corrected chi connectivity index (χ0v) is 18.2. The topological polar surface area (TPSA) is 65.9 Å². The van der Waals surface area contributed by atoms with Gasteiger partial charge < -0.3 is 19.9 Å². The van der Waals surface area contributed by atoms with E-state index in [-0.39, 0.29) is 24.0 Å². The fourth-order valence-corrected chi connectivity index (χ4v) is 2.99. The van der Waals surface area contributed by atoms with Crippen LogP contribution in [0.1, 0.15) is 12.5 Å². The molecule has 0 spiro atoms. The first-order valence-corrected chi connectivity index (χ1v) is 8.99. The molecule has 2 heterocycles. The molecular formula is C19H27IN6O. The zero-order valence-electron chi connectivity index (χ0n) is 15.8. The largest absolute Gasteiger partial charge is 0.496 e. The molecule has 8 heteroatoms. The number of para-hydroxylation sites is 1. The average molecular weight is 482 g/mol. The van der Waals surface area contributed by atoms with Gasteiger partial charge in [-0.2, -0.15) is 0 Å². The Bertz CT molecular complexity index is 719. The first-order valence-electron chi connectivity index (χ1n) is 8.99. The van der Waals surface area contributed by atoms with Gasteiger partial charge in [-0.3, -0.25) is 0 Å². The molecule has 1 aliphatic heterocycles. The second kappa shape index (κ2) is 10.9. The molecule has 1 aliphatic rings. The molecule has 0 unspecified atom stereocenters. The molecule has 27 heavy (non-hydrogen) atoms. The maximum atomic E-state index is 5.42. The molecule has 2 aromatic rings. The number of halogens is 1. The lowest BCUT2D eigenvalue weighted by Gasteiger charge is -2.36. The monoisotopic (exact) mass is 482 g/mol. The summed E-state index contributed by atoms with van der Waals surface area (Å²) in [7, 11) is 1.69. The minimum Gasteiger partial charge on any atom is -0.496 e. The molecule has 7 nitrogen and oxygen atoms in total. The van der Waals surface area contributed by atoms with E-state index in [0.29, 0.717) is 6.54 Å². The number of methoxy groups -OCH3 is 1. The van der Waals surface area contributed by atoms with Crippen molar-refractivity contribution in [2.45, 2.75) is 13.5 Å². The van der Waals surface area contributed by atoms with Crippen LogP contribution in [-0.4, -0.2) is 60.7 Å². The van der Waals surface area contributed by atoms with Crippen LogP contribution < -0.4 is 15.0 Å². The smallest absolute Gasteiger partial charge is 0.225 e. The van der Waals surface area contributed by atoms with Gasteiger partial charge in [0.1, 0.15) is 5.75 Å². The molecule has 1 aromatic carbocycles. The molecule has 1 N–H and O–H groups in total. The van der Waals surface area contributed by atoms with Crippen LogP contribution in [0.2, 0.25) is 0 Å². The van der Waals surface area contributed by atoms with Crippen LogP contribution >= 0.6 is 24.0 Å². The predicted molar refractivity (Wildman–Crippen MR) is 119 cm³/mol. The lowest BCUT2D eigenvalue weighted by atomic mass is 10.2. The van der Waals surface area contributed by atoms with Gasteiger partial charge in [0.25, 0.3) is 0 Å². The van der Waals surface area contributed by atoms with Gasteiger partial charge in [-0.25, -0.2) is 15.0 Å². The minimum atomic E-state index is 0. The summed E-state index contributed by atoms with van der Waals surface area (Å²) in [6.45, 7) is 7.05. The summed E-state index contributed by atoms with van der Waals surface area (Å²) < 4.78 is 5.42. The quantitative estimate of drug-likeness (QED) is 0.401. The van der Waals surface area contributed by atoms with Crippen molar-refractivity contribution in [2.24, 2.45) is 4.99 Å². The van der Waals surface area contributed by atoms with E-state index in [1.807, 2.05) is 24.3 Å². The Morgan fingerprint density at radius 1 is 1.11 bits per heavy atom. The highest BCUT2D eigenvalue weighted by molar-refractivity contribution is 14.0. The van der Waals surface area contributed by atoms with Crippen molar-refractivity contribution >= 4 is 35.9 Å². The number of hydrogen-bond donors (Lipinski definition) is 1. The maximum absolute atomic E-state index is 5.42. The molecule has 0 amide bonds.